The molecule has 176 valence electrons. The van der Waals surface area contributed by atoms with Gasteiger partial charge in [-0.15, -0.1) is 0 Å². The van der Waals surface area contributed by atoms with Gasteiger partial charge in [0.05, 0.1) is 18.2 Å². The van der Waals surface area contributed by atoms with Crippen LogP contribution in [-0.4, -0.2) is 53.7 Å². The molecule has 0 unspecified atom stereocenters. The molecule has 2 N–H and O–H groups in total. The number of amides is 1. The predicted octanol–water partition coefficient (Wildman–Crippen LogP) is 4.34. The standard InChI is InChI=1S/C26H31NO6/c1-4-5-15-33-21-12-9-19(16-17(21)2)24(29)22-23(18-7-10-20(28)11-8-18)27(13-6-14-32-3)26(31)25(22)30/h7-12,16,23,28-29H,4-6,13-15H2,1-3H3/t23-/m1/s1. The van der Waals surface area contributed by atoms with E-state index in [4.69, 9.17) is 9.47 Å². The van der Waals surface area contributed by atoms with Gasteiger partial charge in [0.15, 0.2) is 0 Å². The van der Waals surface area contributed by atoms with Gasteiger partial charge in [0.25, 0.3) is 11.7 Å². The molecule has 1 amide bonds. The molecule has 2 aromatic carbocycles. The zero-order chi connectivity index (χ0) is 24.0. The van der Waals surface area contributed by atoms with Crippen molar-refractivity contribution in [1.82, 2.24) is 4.90 Å². The molecule has 1 aliphatic rings. The maximum Gasteiger partial charge on any atom is 0.295 e. The third-order valence-corrected chi connectivity index (χ3v) is 5.70. The van der Waals surface area contributed by atoms with Crippen LogP contribution in [0.1, 0.15) is 48.9 Å². The SMILES string of the molecule is CCCCOc1ccc(C(O)=C2C(=O)C(=O)N(CCCOC)[C@@H]2c2ccc(O)cc2)cc1C. The lowest BCUT2D eigenvalue weighted by atomic mass is 9.94. The van der Waals surface area contributed by atoms with Crippen molar-refractivity contribution in [3.8, 4) is 11.5 Å². The molecule has 1 heterocycles. The summed E-state index contributed by atoms with van der Waals surface area (Å²) < 4.78 is 10.9. The van der Waals surface area contributed by atoms with Gasteiger partial charge in [0.1, 0.15) is 17.3 Å². The Morgan fingerprint density at radius 1 is 1.06 bits per heavy atom. The van der Waals surface area contributed by atoms with Gasteiger partial charge < -0.3 is 24.6 Å². The van der Waals surface area contributed by atoms with Gasteiger partial charge in [-0.3, -0.25) is 9.59 Å². The van der Waals surface area contributed by atoms with Crippen molar-refractivity contribution in [2.45, 2.75) is 39.2 Å². The summed E-state index contributed by atoms with van der Waals surface area (Å²) in [6.45, 7) is 5.30. The molecule has 0 spiro atoms. The van der Waals surface area contributed by atoms with E-state index in [1.165, 1.54) is 17.0 Å². The number of Topliss-reactive ketones (excluding diaryl/α,β-unsaturated/α-hetero) is 1. The number of carbonyl (C=O) groups is 2. The van der Waals surface area contributed by atoms with E-state index in [0.717, 1.165) is 24.2 Å². The highest BCUT2D eigenvalue weighted by atomic mass is 16.5. The number of ether oxygens (including phenoxy) is 2. The number of nitrogens with zero attached hydrogens (tertiary/aromatic N) is 1. The Morgan fingerprint density at radius 3 is 2.42 bits per heavy atom. The zero-order valence-electron chi connectivity index (χ0n) is 19.3. The number of methoxy groups -OCH3 is 1. The fourth-order valence-electron chi connectivity index (χ4n) is 3.93. The maximum atomic E-state index is 13.0. The van der Waals surface area contributed by atoms with Gasteiger partial charge >= 0.3 is 0 Å². The van der Waals surface area contributed by atoms with Gasteiger partial charge in [-0.1, -0.05) is 25.5 Å². The largest absolute Gasteiger partial charge is 0.508 e. The molecule has 0 saturated carbocycles. The van der Waals surface area contributed by atoms with Crippen LogP contribution in [0.3, 0.4) is 0 Å². The minimum absolute atomic E-state index is 0.0298. The number of carbonyl (C=O) groups excluding carboxylic acids is 2. The molecule has 2 aromatic rings. The third kappa shape index (κ3) is 5.37. The van der Waals surface area contributed by atoms with Crippen LogP contribution in [0.5, 0.6) is 11.5 Å². The number of aryl methyl sites for hydroxylation is 1. The number of hydrogen-bond donors (Lipinski definition) is 2. The summed E-state index contributed by atoms with van der Waals surface area (Å²) in [6, 6.07) is 10.7. The van der Waals surface area contributed by atoms with Gasteiger partial charge in [-0.05, 0) is 61.2 Å². The topological polar surface area (TPSA) is 96.3 Å². The number of rotatable bonds is 10. The monoisotopic (exact) mass is 453 g/mol. The Kier molecular flexibility index (Phi) is 8.11. The number of hydrogen-bond acceptors (Lipinski definition) is 6. The van der Waals surface area contributed by atoms with Crippen LogP contribution < -0.4 is 4.74 Å². The van der Waals surface area contributed by atoms with E-state index in [9.17, 15) is 19.8 Å². The summed E-state index contributed by atoms with van der Waals surface area (Å²) in [5.41, 5.74) is 1.92. The normalized spacial score (nSPS) is 17.5. The van der Waals surface area contributed by atoms with Gasteiger partial charge in [-0.25, -0.2) is 0 Å². The van der Waals surface area contributed by atoms with Crippen molar-refractivity contribution in [3.63, 3.8) is 0 Å². The van der Waals surface area contributed by atoms with Crippen LogP contribution in [0, 0.1) is 6.92 Å². The van der Waals surface area contributed by atoms with E-state index >= 15 is 0 Å². The lowest BCUT2D eigenvalue weighted by Gasteiger charge is -2.25. The quantitative estimate of drug-likeness (QED) is 0.240. The van der Waals surface area contributed by atoms with E-state index in [1.54, 1.807) is 37.4 Å². The van der Waals surface area contributed by atoms with Crippen LogP contribution >= 0.6 is 0 Å². The van der Waals surface area contributed by atoms with Crippen LogP contribution in [-0.2, 0) is 14.3 Å². The molecular formula is C26H31NO6. The molecule has 1 fully saturated rings. The summed E-state index contributed by atoms with van der Waals surface area (Å²) in [7, 11) is 1.57. The molecule has 0 bridgehead atoms. The van der Waals surface area contributed by atoms with E-state index < -0.39 is 17.7 Å². The van der Waals surface area contributed by atoms with Crippen molar-refractivity contribution in [2.75, 3.05) is 26.9 Å². The number of aliphatic hydroxyl groups excluding tert-OH is 1. The number of aromatic hydroxyl groups is 1. The molecule has 1 aliphatic heterocycles. The Hall–Kier alpha value is -3.32. The van der Waals surface area contributed by atoms with E-state index in [-0.39, 0.29) is 17.1 Å². The molecule has 0 radical (unpaired) electrons. The first-order valence-electron chi connectivity index (χ1n) is 11.2. The van der Waals surface area contributed by atoms with Crippen LogP contribution in [0.15, 0.2) is 48.0 Å². The smallest absolute Gasteiger partial charge is 0.295 e. The van der Waals surface area contributed by atoms with Gasteiger partial charge in [0.2, 0.25) is 0 Å². The molecule has 7 nitrogen and oxygen atoms in total. The summed E-state index contributed by atoms with van der Waals surface area (Å²) in [5.74, 6) is -0.839. The highest BCUT2D eigenvalue weighted by Crippen LogP contribution is 2.40. The molecular weight excluding hydrogens is 422 g/mol. The first-order chi connectivity index (χ1) is 15.9. The maximum absolute atomic E-state index is 13.0. The second kappa shape index (κ2) is 11.0. The van der Waals surface area contributed by atoms with E-state index in [2.05, 4.69) is 6.92 Å². The molecule has 7 heteroatoms. The fourth-order valence-corrected chi connectivity index (χ4v) is 3.93. The van der Waals surface area contributed by atoms with Crippen molar-refractivity contribution in [3.05, 3.63) is 64.7 Å². The van der Waals surface area contributed by atoms with E-state index in [0.29, 0.717) is 37.3 Å². The Balaban J connectivity index is 2.03. The molecule has 0 aliphatic carbocycles. The van der Waals surface area contributed by atoms with Crippen molar-refractivity contribution >= 4 is 17.4 Å². The number of phenols is 1. The van der Waals surface area contributed by atoms with E-state index in [1.807, 2.05) is 6.92 Å². The summed E-state index contributed by atoms with van der Waals surface area (Å²) >= 11 is 0. The summed E-state index contributed by atoms with van der Waals surface area (Å²) in [4.78, 5) is 27.4. The van der Waals surface area contributed by atoms with Gasteiger partial charge in [0, 0.05) is 25.8 Å². The molecule has 3 rings (SSSR count). The molecule has 0 aromatic heterocycles. The first-order valence-corrected chi connectivity index (χ1v) is 11.2. The lowest BCUT2D eigenvalue weighted by molar-refractivity contribution is -0.140. The number of phenolic OH excluding ortho intramolecular Hbond substituents is 1. The number of ketones is 1. The van der Waals surface area contributed by atoms with Gasteiger partial charge in [-0.2, -0.15) is 0 Å². The molecule has 33 heavy (non-hydrogen) atoms. The molecule has 1 saturated heterocycles. The van der Waals surface area contributed by atoms with Crippen LogP contribution in [0.2, 0.25) is 0 Å². The Bertz CT molecular complexity index is 1030. The summed E-state index contributed by atoms with van der Waals surface area (Å²) in [5, 5.41) is 20.9. The number of benzene rings is 2. The Morgan fingerprint density at radius 2 is 1.79 bits per heavy atom. The molecule has 1 atom stereocenters. The van der Waals surface area contributed by atoms with Crippen LogP contribution in [0.4, 0.5) is 0 Å². The third-order valence-electron chi connectivity index (χ3n) is 5.70. The highest BCUT2D eigenvalue weighted by Gasteiger charge is 2.45. The zero-order valence-corrected chi connectivity index (χ0v) is 19.3. The first kappa shape index (κ1) is 24.3. The number of aliphatic hydroxyl groups is 1. The predicted molar refractivity (Wildman–Crippen MR) is 125 cm³/mol. The summed E-state index contributed by atoms with van der Waals surface area (Å²) in [6.07, 6.45) is 2.51. The number of likely N-dealkylation sites (tertiary alicyclic amines) is 1. The van der Waals surface area contributed by atoms with Crippen molar-refractivity contribution < 1.29 is 29.3 Å². The minimum Gasteiger partial charge on any atom is -0.508 e. The van der Waals surface area contributed by atoms with Crippen molar-refractivity contribution in [1.29, 1.82) is 0 Å². The second-order valence-corrected chi connectivity index (χ2v) is 8.11. The average Bonchev–Trinajstić information content (AvgIpc) is 3.05. The van der Waals surface area contributed by atoms with Crippen molar-refractivity contribution in [2.24, 2.45) is 0 Å². The second-order valence-electron chi connectivity index (χ2n) is 8.11. The Labute approximate surface area is 194 Å². The minimum atomic E-state index is -0.761. The average molecular weight is 454 g/mol. The number of unbranched alkanes of at least 4 members (excludes halogenated alkanes) is 1. The lowest BCUT2D eigenvalue weighted by Crippen LogP contribution is -2.31. The fraction of sp³-hybridized carbons (Fsp3) is 0.385. The van der Waals surface area contributed by atoms with Crippen LogP contribution in [0.25, 0.3) is 5.76 Å². The highest BCUT2D eigenvalue weighted by molar-refractivity contribution is 6.46.